The van der Waals surface area contributed by atoms with Crippen molar-refractivity contribution in [1.29, 1.82) is 0 Å². The maximum Gasteiger partial charge on any atom is 0.255 e. The molecular formula is C15H20N4OS. The van der Waals surface area contributed by atoms with E-state index < -0.39 is 0 Å². The molecule has 0 aromatic carbocycles. The van der Waals surface area contributed by atoms with Crippen LogP contribution in [0.4, 0.5) is 0 Å². The predicted octanol–water partition coefficient (Wildman–Crippen LogP) is 2.08. The number of aromatic amines is 1. The second kappa shape index (κ2) is 5.35. The number of aromatic nitrogens is 3. The van der Waals surface area contributed by atoms with Crippen LogP contribution in [0.3, 0.4) is 0 Å². The van der Waals surface area contributed by atoms with E-state index in [0.29, 0.717) is 6.54 Å². The number of hydrogen-bond donors (Lipinski definition) is 1. The second-order valence-corrected chi connectivity index (χ2v) is 7.46. The quantitative estimate of drug-likeness (QED) is 0.923. The van der Waals surface area contributed by atoms with Crippen molar-refractivity contribution in [2.45, 2.75) is 45.7 Å². The van der Waals surface area contributed by atoms with Crippen molar-refractivity contribution in [1.82, 2.24) is 19.9 Å². The summed E-state index contributed by atoms with van der Waals surface area (Å²) in [4.78, 5) is 26.5. The summed E-state index contributed by atoms with van der Waals surface area (Å²) in [6.07, 6.45) is 2.65. The lowest BCUT2D eigenvalue weighted by molar-refractivity contribution is 0.240. The molecule has 0 aliphatic carbocycles. The Morgan fingerprint density at radius 3 is 2.90 bits per heavy atom. The smallest absolute Gasteiger partial charge is 0.255 e. The van der Waals surface area contributed by atoms with Crippen LogP contribution in [0.2, 0.25) is 0 Å². The van der Waals surface area contributed by atoms with Gasteiger partial charge in [-0.25, -0.2) is 9.97 Å². The molecule has 0 bridgehead atoms. The van der Waals surface area contributed by atoms with Crippen LogP contribution >= 0.6 is 11.3 Å². The summed E-state index contributed by atoms with van der Waals surface area (Å²) in [7, 11) is 0. The van der Waals surface area contributed by atoms with Gasteiger partial charge in [-0.3, -0.25) is 9.69 Å². The summed E-state index contributed by atoms with van der Waals surface area (Å²) in [5.41, 5.74) is 1.64. The van der Waals surface area contributed by atoms with E-state index in [4.69, 9.17) is 0 Å². The lowest BCUT2D eigenvalue weighted by Crippen LogP contribution is -2.37. The molecule has 0 radical (unpaired) electrons. The van der Waals surface area contributed by atoms with Gasteiger partial charge < -0.3 is 4.98 Å². The van der Waals surface area contributed by atoms with Crippen molar-refractivity contribution < 1.29 is 0 Å². The van der Waals surface area contributed by atoms with E-state index in [1.165, 1.54) is 0 Å². The fourth-order valence-corrected chi connectivity index (χ4v) is 3.15. The average molecular weight is 304 g/mol. The van der Waals surface area contributed by atoms with Gasteiger partial charge in [-0.1, -0.05) is 20.8 Å². The van der Waals surface area contributed by atoms with E-state index in [1.807, 2.05) is 11.6 Å². The summed E-state index contributed by atoms with van der Waals surface area (Å²) >= 11 is 1.65. The number of H-pyrrole nitrogens is 1. The highest BCUT2D eigenvalue weighted by atomic mass is 32.1. The van der Waals surface area contributed by atoms with Gasteiger partial charge in [0.1, 0.15) is 10.8 Å². The van der Waals surface area contributed by atoms with Crippen molar-refractivity contribution in [2.24, 2.45) is 0 Å². The Labute approximate surface area is 128 Å². The first-order valence-electron chi connectivity index (χ1n) is 7.17. The molecule has 0 fully saturated rings. The molecule has 0 unspecified atom stereocenters. The topological polar surface area (TPSA) is 61.9 Å². The van der Waals surface area contributed by atoms with E-state index in [-0.39, 0.29) is 11.0 Å². The molecule has 5 nitrogen and oxygen atoms in total. The van der Waals surface area contributed by atoms with Gasteiger partial charge in [0.25, 0.3) is 5.56 Å². The molecule has 6 heteroatoms. The largest absolute Gasteiger partial charge is 0.310 e. The predicted molar refractivity (Wildman–Crippen MR) is 83.5 cm³/mol. The van der Waals surface area contributed by atoms with E-state index in [0.717, 1.165) is 41.6 Å². The molecule has 0 saturated heterocycles. The molecule has 0 saturated carbocycles. The fraction of sp³-hybridized carbons (Fsp3) is 0.533. The Balaban J connectivity index is 1.85. The van der Waals surface area contributed by atoms with Crippen molar-refractivity contribution in [3.63, 3.8) is 0 Å². The third-order valence-electron chi connectivity index (χ3n) is 3.70. The molecule has 3 heterocycles. The van der Waals surface area contributed by atoms with Crippen LogP contribution in [0.15, 0.2) is 16.4 Å². The summed E-state index contributed by atoms with van der Waals surface area (Å²) in [5.74, 6) is 0.777. The molecule has 1 aliphatic rings. The molecule has 3 rings (SSSR count). The summed E-state index contributed by atoms with van der Waals surface area (Å²) < 4.78 is 0. The van der Waals surface area contributed by atoms with Crippen molar-refractivity contribution in [2.75, 3.05) is 6.54 Å². The van der Waals surface area contributed by atoms with Gasteiger partial charge >= 0.3 is 0 Å². The summed E-state index contributed by atoms with van der Waals surface area (Å²) in [6, 6.07) is 0. The minimum atomic E-state index is -0.133. The van der Waals surface area contributed by atoms with E-state index in [9.17, 15) is 4.79 Å². The first kappa shape index (κ1) is 14.4. The number of nitrogens with zero attached hydrogens (tertiary/aromatic N) is 3. The highest BCUT2D eigenvalue weighted by Gasteiger charge is 2.24. The van der Waals surface area contributed by atoms with Crippen LogP contribution in [-0.2, 0) is 24.9 Å². The fourth-order valence-electron chi connectivity index (χ4n) is 2.49. The third kappa shape index (κ3) is 3.06. The summed E-state index contributed by atoms with van der Waals surface area (Å²) in [5, 5.41) is 3.08. The van der Waals surface area contributed by atoms with Crippen LogP contribution in [0.1, 0.15) is 42.9 Å². The molecule has 0 atom stereocenters. The molecule has 2 aromatic rings. The third-order valence-corrected chi connectivity index (χ3v) is 4.46. The number of fused-ring (bicyclic) bond motifs is 1. The van der Waals surface area contributed by atoms with Gasteiger partial charge in [0.15, 0.2) is 0 Å². The molecular weight excluding hydrogens is 284 g/mol. The molecule has 1 N–H and O–H groups in total. The number of nitrogens with one attached hydrogen (secondary N) is 1. The first-order valence-corrected chi connectivity index (χ1v) is 8.05. The Kier molecular flexibility index (Phi) is 3.67. The van der Waals surface area contributed by atoms with Gasteiger partial charge in [-0.05, 0) is 0 Å². The molecule has 21 heavy (non-hydrogen) atoms. The lowest BCUT2D eigenvalue weighted by Gasteiger charge is -2.28. The zero-order valence-electron chi connectivity index (χ0n) is 12.6. The maximum atomic E-state index is 12.3. The normalized spacial score (nSPS) is 16.0. The highest BCUT2D eigenvalue weighted by Crippen LogP contribution is 2.21. The van der Waals surface area contributed by atoms with Crippen molar-refractivity contribution in [3.8, 4) is 0 Å². The van der Waals surface area contributed by atoms with Crippen LogP contribution in [-0.4, -0.2) is 26.4 Å². The second-order valence-electron chi connectivity index (χ2n) is 6.48. The van der Waals surface area contributed by atoms with Gasteiger partial charge in [-0.2, -0.15) is 0 Å². The Morgan fingerprint density at radius 1 is 1.43 bits per heavy atom. The molecule has 112 valence electrons. The van der Waals surface area contributed by atoms with Gasteiger partial charge in [-0.15, -0.1) is 11.3 Å². The molecule has 1 aliphatic heterocycles. The standard InChI is InChI=1S/C15H20N4OS/c1-15(2,3)14-17-11-4-6-19(8-10(11)13(20)18-14)9-12-16-5-7-21-12/h5,7H,4,6,8-9H2,1-3H3,(H,17,18,20). The van der Waals surface area contributed by atoms with E-state index in [1.54, 1.807) is 11.3 Å². The molecule has 0 spiro atoms. The molecule has 2 aromatic heterocycles. The Bertz CT molecular complexity index is 685. The zero-order chi connectivity index (χ0) is 15.0. The zero-order valence-corrected chi connectivity index (χ0v) is 13.5. The Morgan fingerprint density at radius 2 is 2.24 bits per heavy atom. The summed E-state index contributed by atoms with van der Waals surface area (Å²) in [6.45, 7) is 8.58. The Hall–Kier alpha value is -1.53. The minimum absolute atomic E-state index is 0.00811. The average Bonchev–Trinajstić information content (AvgIpc) is 2.91. The highest BCUT2D eigenvalue weighted by molar-refractivity contribution is 7.09. The van der Waals surface area contributed by atoms with Gasteiger partial charge in [0, 0.05) is 36.5 Å². The van der Waals surface area contributed by atoms with Crippen molar-refractivity contribution >= 4 is 11.3 Å². The lowest BCUT2D eigenvalue weighted by atomic mass is 9.95. The first-order chi connectivity index (χ1) is 9.93. The van der Waals surface area contributed by atoms with Crippen LogP contribution in [0.5, 0.6) is 0 Å². The van der Waals surface area contributed by atoms with E-state index >= 15 is 0 Å². The SMILES string of the molecule is CC(C)(C)c1nc2c(c(=O)[nH]1)CN(Cc1nccs1)CC2. The minimum Gasteiger partial charge on any atom is -0.310 e. The number of rotatable bonds is 2. The van der Waals surface area contributed by atoms with Crippen LogP contribution in [0, 0.1) is 0 Å². The number of hydrogen-bond acceptors (Lipinski definition) is 5. The number of thiazole rings is 1. The van der Waals surface area contributed by atoms with Gasteiger partial charge in [0.05, 0.1) is 17.8 Å². The monoisotopic (exact) mass is 304 g/mol. The van der Waals surface area contributed by atoms with Crippen LogP contribution < -0.4 is 5.56 Å². The molecule has 0 amide bonds. The van der Waals surface area contributed by atoms with Crippen LogP contribution in [0.25, 0.3) is 0 Å². The van der Waals surface area contributed by atoms with E-state index in [2.05, 4.69) is 40.6 Å². The van der Waals surface area contributed by atoms with Crippen molar-refractivity contribution in [3.05, 3.63) is 44.0 Å². The maximum absolute atomic E-state index is 12.3. The van der Waals surface area contributed by atoms with Gasteiger partial charge in [0.2, 0.25) is 0 Å².